The summed E-state index contributed by atoms with van der Waals surface area (Å²) in [5, 5.41) is 1.48. The number of carbonyl (C=O) groups is 2. The van der Waals surface area contributed by atoms with Crippen molar-refractivity contribution in [2.45, 2.75) is 58.1 Å². The van der Waals surface area contributed by atoms with Crippen LogP contribution in [0, 0.1) is 0 Å². The topological polar surface area (TPSA) is 65.1 Å². The van der Waals surface area contributed by atoms with E-state index in [1.165, 1.54) is 11.3 Å². The molecule has 2 heterocycles. The van der Waals surface area contributed by atoms with Gasteiger partial charge in [0.05, 0.1) is 0 Å². The van der Waals surface area contributed by atoms with Crippen LogP contribution in [0.25, 0.3) is 10.8 Å². The SMILES string of the molecule is CC(=O)Oc1c2c(c3ccccc3c1OC(=O)C1CCCN1Cl)OC(C)(C)CC2. The molecule has 0 saturated carbocycles. The largest absolute Gasteiger partial charge is 0.487 e. The van der Waals surface area contributed by atoms with Crippen LogP contribution in [0.2, 0.25) is 0 Å². The number of benzene rings is 2. The maximum Gasteiger partial charge on any atom is 0.330 e. The molecule has 2 aliphatic heterocycles. The van der Waals surface area contributed by atoms with Gasteiger partial charge in [-0.1, -0.05) is 24.3 Å². The smallest absolute Gasteiger partial charge is 0.330 e. The van der Waals surface area contributed by atoms with E-state index in [-0.39, 0.29) is 17.1 Å². The highest BCUT2D eigenvalue weighted by Gasteiger charge is 2.36. The molecule has 0 radical (unpaired) electrons. The molecule has 154 valence electrons. The van der Waals surface area contributed by atoms with E-state index in [0.29, 0.717) is 30.5 Å². The van der Waals surface area contributed by atoms with Crippen molar-refractivity contribution in [1.82, 2.24) is 4.42 Å². The zero-order valence-corrected chi connectivity index (χ0v) is 17.5. The molecule has 1 fully saturated rings. The Hall–Kier alpha value is -2.31. The number of hydrogen-bond donors (Lipinski definition) is 0. The van der Waals surface area contributed by atoms with E-state index in [2.05, 4.69) is 0 Å². The van der Waals surface area contributed by atoms with Crippen LogP contribution in [0.1, 0.15) is 45.6 Å². The molecular weight excluding hydrogens is 394 g/mol. The van der Waals surface area contributed by atoms with Crippen LogP contribution >= 0.6 is 11.8 Å². The Morgan fingerprint density at radius 1 is 1.17 bits per heavy atom. The predicted molar refractivity (Wildman–Crippen MR) is 110 cm³/mol. The Morgan fingerprint density at radius 3 is 2.55 bits per heavy atom. The van der Waals surface area contributed by atoms with Gasteiger partial charge in [-0.25, -0.2) is 9.21 Å². The van der Waals surface area contributed by atoms with Crippen LogP contribution in [0.15, 0.2) is 24.3 Å². The number of ether oxygens (including phenoxy) is 3. The van der Waals surface area contributed by atoms with Crippen molar-refractivity contribution in [2.24, 2.45) is 0 Å². The van der Waals surface area contributed by atoms with E-state index in [9.17, 15) is 9.59 Å². The normalized spacial score (nSPS) is 20.8. The van der Waals surface area contributed by atoms with Crippen molar-refractivity contribution >= 4 is 34.5 Å². The predicted octanol–water partition coefficient (Wildman–Crippen LogP) is 4.39. The lowest BCUT2D eigenvalue weighted by Gasteiger charge is -2.34. The quantitative estimate of drug-likeness (QED) is 0.419. The monoisotopic (exact) mass is 417 g/mol. The molecule has 0 amide bonds. The molecule has 6 nitrogen and oxygen atoms in total. The van der Waals surface area contributed by atoms with Crippen LogP contribution in [0.4, 0.5) is 0 Å². The number of hydrogen-bond acceptors (Lipinski definition) is 6. The summed E-state index contributed by atoms with van der Waals surface area (Å²) in [5.74, 6) is 0.249. The van der Waals surface area contributed by atoms with Crippen LogP contribution in [-0.2, 0) is 16.0 Å². The molecule has 0 aromatic heterocycles. The van der Waals surface area contributed by atoms with E-state index >= 15 is 0 Å². The van der Waals surface area contributed by atoms with Crippen LogP contribution in [0.5, 0.6) is 17.2 Å². The first-order chi connectivity index (χ1) is 13.8. The van der Waals surface area contributed by atoms with Gasteiger partial charge in [-0.05, 0) is 51.3 Å². The summed E-state index contributed by atoms with van der Waals surface area (Å²) in [6.07, 6.45) is 2.85. The van der Waals surface area contributed by atoms with Crippen LogP contribution < -0.4 is 14.2 Å². The standard InChI is InChI=1S/C22H24ClNO5/c1-13(25)27-20-16-10-11-22(2,3)29-18(16)14-7-4-5-8-15(14)19(20)28-21(26)17-9-6-12-24(17)23/h4-5,7-8,17H,6,9-12H2,1-3H3. The summed E-state index contributed by atoms with van der Waals surface area (Å²) in [7, 11) is 0. The fraction of sp³-hybridized carbons (Fsp3) is 0.455. The van der Waals surface area contributed by atoms with Crippen molar-refractivity contribution in [3.63, 3.8) is 0 Å². The minimum atomic E-state index is -0.521. The molecule has 1 saturated heterocycles. The Kier molecular flexibility index (Phi) is 5.17. The van der Waals surface area contributed by atoms with Gasteiger partial charge in [0.2, 0.25) is 0 Å². The van der Waals surface area contributed by atoms with E-state index < -0.39 is 18.0 Å². The highest BCUT2D eigenvalue weighted by atomic mass is 35.5. The van der Waals surface area contributed by atoms with Gasteiger partial charge in [0, 0.05) is 29.8 Å². The first-order valence-corrected chi connectivity index (χ1v) is 10.2. The summed E-state index contributed by atoms with van der Waals surface area (Å²) < 4.78 is 19.1. The van der Waals surface area contributed by atoms with Gasteiger partial charge in [0.1, 0.15) is 17.4 Å². The second kappa shape index (κ2) is 7.50. The molecule has 29 heavy (non-hydrogen) atoms. The Morgan fingerprint density at radius 2 is 1.90 bits per heavy atom. The first kappa shape index (κ1) is 20.0. The van der Waals surface area contributed by atoms with Gasteiger partial charge in [0.15, 0.2) is 11.5 Å². The highest BCUT2D eigenvalue weighted by molar-refractivity contribution is 6.15. The number of nitrogens with zero attached hydrogens (tertiary/aromatic N) is 1. The number of esters is 2. The minimum absolute atomic E-state index is 0.250. The minimum Gasteiger partial charge on any atom is -0.487 e. The van der Waals surface area contributed by atoms with Crippen molar-refractivity contribution in [1.29, 1.82) is 0 Å². The van der Waals surface area contributed by atoms with E-state index in [1.54, 1.807) is 0 Å². The van der Waals surface area contributed by atoms with Gasteiger partial charge in [-0.15, -0.1) is 0 Å². The van der Waals surface area contributed by atoms with Crippen molar-refractivity contribution in [3.05, 3.63) is 29.8 Å². The number of fused-ring (bicyclic) bond motifs is 3. The van der Waals surface area contributed by atoms with Crippen LogP contribution in [0.3, 0.4) is 0 Å². The van der Waals surface area contributed by atoms with E-state index in [1.807, 2.05) is 38.1 Å². The zero-order valence-electron chi connectivity index (χ0n) is 16.8. The van der Waals surface area contributed by atoms with E-state index in [4.69, 9.17) is 26.0 Å². The lowest BCUT2D eigenvalue weighted by molar-refractivity contribution is -0.139. The van der Waals surface area contributed by atoms with Gasteiger partial charge in [-0.3, -0.25) is 4.79 Å². The molecule has 7 heteroatoms. The molecule has 1 atom stereocenters. The molecule has 2 aromatic rings. The lowest BCUT2D eigenvalue weighted by Crippen LogP contribution is -2.34. The third-order valence-corrected chi connectivity index (χ3v) is 5.84. The van der Waals surface area contributed by atoms with Gasteiger partial charge in [0.25, 0.3) is 0 Å². The summed E-state index contributed by atoms with van der Waals surface area (Å²) in [6.45, 7) is 6.02. The maximum atomic E-state index is 12.9. The van der Waals surface area contributed by atoms with E-state index in [0.717, 1.165) is 23.8 Å². The average molecular weight is 418 g/mol. The maximum absolute atomic E-state index is 12.9. The fourth-order valence-corrected chi connectivity index (χ4v) is 4.28. The molecule has 4 rings (SSSR count). The second-order valence-corrected chi connectivity index (χ2v) is 8.60. The average Bonchev–Trinajstić information content (AvgIpc) is 3.09. The molecule has 2 aromatic carbocycles. The molecule has 0 N–H and O–H groups in total. The Balaban J connectivity index is 1.88. The van der Waals surface area contributed by atoms with Crippen molar-refractivity contribution in [3.8, 4) is 17.2 Å². The molecule has 0 spiro atoms. The number of rotatable bonds is 3. The molecule has 0 bridgehead atoms. The van der Waals surface area contributed by atoms with Gasteiger partial charge < -0.3 is 14.2 Å². The number of halogens is 1. The molecule has 1 unspecified atom stereocenters. The Labute approximate surface area is 174 Å². The summed E-state index contributed by atoms with van der Waals surface area (Å²) in [5.41, 5.74) is 0.403. The van der Waals surface area contributed by atoms with Gasteiger partial charge in [-0.2, -0.15) is 0 Å². The van der Waals surface area contributed by atoms with Crippen molar-refractivity contribution < 1.29 is 23.8 Å². The second-order valence-electron chi connectivity index (χ2n) is 8.17. The van der Waals surface area contributed by atoms with Gasteiger partial charge >= 0.3 is 11.9 Å². The molecule has 0 aliphatic carbocycles. The van der Waals surface area contributed by atoms with Crippen LogP contribution in [-0.4, -0.2) is 34.5 Å². The summed E-state index contributed by atoms with van der Waals surface area (Å²) in [4.78, 5) is 24.7. The number of carbonyl (C=O) groups excluding carboxylic acids is 2. The first-order valence-electron chi connectivity index (χ1n) is 9.86. The van der Waals surface area contributed by atoms with Crippen molar-refractivity contribution in [2.75, 3.05) is 6.54 Å². The third-order valence-electron chi connectivity index (χ3n) is 5.43. The zero-order chi connectivity index (χ0) is 20.8. The summed E-state index contributed by atoms with van der Waals surface area (Å²) >= 11 is 6.16. The molecule has 2 aliphatic rings. The Bertz CT molecular complexity index is 987. The fourth-order valence-electron chi connectivity index (χ4n) is 3.99. The molecular formula is C22H24ClNO5. The highest BCUT2D eigenvalue weighted by Crippen LogP contribution is 2.50. The lowest BCUT2D eigenvalue weighted by atomic mass is 9.91. The third kappa shape index (κ3) is 3.79. The summed E-state index contributed by atoms with van der Waals surface area (Å²) in [6, 6.07) is 6.99.